The first kappa shape index (κ1) is 13.2. The molecular weight excluding hydrogens is 238 g/mol. The summed E-state index contributed by atoms with van der Waals surface area (Å²) in [4.78, 5) is 20.0. The average molecular weight is 255 g/mol. The molecule has 0 spiro atoms. The molecule has 4 nitrogen and oxygen atoms in total. The molecule has 0 atom stereocenters. The number of hydrogen-bond donors (Lipinski definition) is 1. The highest BCUT2D eigenvalue weighted by molar-refractivity contribution is 6.02. The van der Waals surface area contributed by atoms with Crippen molar-refractivity contribution < 1.29 is 4.79 Å². The zero-order valence-electron chi connectivity index (χ0n) is 11.3. The summed E-state index contributed by atoms with van der Waals surface area (Å²) in [5, 5.41) is 2.82. The third kappa shape index (κ3) is 3.37. The number of rotatable bonds is 3. The van der Waals surface area contributed by atoms with Gasteiger partial charge >= 0.3 is 0 Å². The molecule has 0 aliphatic rings. The van der Waals surface area contributed by atoms with Gasteiger partial charge in [-0.05, 0) is 36.6 Å². The van der Waals surface area contributed by atoms with E-state index in [4.69, 9.17) is 0 Å². The Kier molecular flexibility index (Phi) is 3.90. The fourth-order valence-electron chi connectivity index (χ4n) is 1.73. The van der Waals surface area contributed by atoms with Crippen molar-refractivity contribution in [3.63, 3.8) is 0 Å². The highest BCUT2D eigenvalue weighted by Crippen LogP contribution is 2.17. The number of amides is 1. The second kappa shape index (κ2) is 5.61. The average Bonchev–Trinajstić information content (AvgIpc) is 2.39. The van der Waals surface area contributed by atoms with Crippen molar-refractivity contribution in [3.05, 3.63) is 53.6 Å². The summed E-state index contributed by atoms with van der Waals surface area (Å²) in [7, 11) is 0. The van der Waals surface area contributed by atoms with E-state index in [2.05, 4.69) is 29.1 Å². The SMILES string of the molecule is Cc1nccc(C(=O)Nc2ccc(C(C)C)cc2)n1. The van der Waals surface area contributed by atoms with Gasteiger partial charge in [-0.2, -0.15) is 0 Å². The lowest BCUT2D eigenvalue weighted by atomic mass is 10.0. The Bertz CT molecular complexity index is 576. The molecule has 1 amide bonds. The molecule has 0 unspecified atom stereocenters. The number of anilines is 1. The summed E-state index contributed by atoms with van der Waals surface area (Å²) in [6.45, 7) is 6.03. The van der Waals surface area contributed by atoms with Crippen molar-refractivity contribution in [1.29, 1.82) is 0 Å². The highest BCUT2D eigenvalue weighted by Gasteiger charge is 2.08. The zero-order chi connectivity index (χ0) is 13.8. The quantitative estimate of drug-likeness (QED) is 0.916. The minimum absolute atomic E-state index is 0.220. The van der Waals surface area contributed by atoms with Crippen LogP contribution in [0.5, 0.6) is 0 Å². The maximum atomic E-state index is 12.0. The van der Waals surface area contributed by atoms with Gasteiger partial charge in [0.2, 0.25) is 0 Å². The first-order valence-electron chi connectivity index (χ1n) is 6.27. The number of carbonyl (C=O) groups is 1. The normalized spacial score (nSPS) is 10.5. The lowest BCUT2D eigenvalue weighted by Gasteiger charge is -2.08. The molecule has 0 bridgehead atoms. The van der Waals surface area contributed by atoms with E-state index < -0.39 is 0 Å². The Morgan fingerprint density at radius 2 is 1.84 bits per heavy atom. The lowest BCUT2D eigenvalue weighted by Crippen LogP contribution is -2.14. The van der Waals surface area contributed by atoms with Gasteiger partial charge in [-0.15, -0.1) is 0 Å². The fourth-order valence-corrected chi connectivity index (χ4v) is 1.73. The van der Waals surface area contributed by atoms with Crippen molar-refractivity contribution in [2.75, 3.05) is 5.32 Å². The van der Waals surface area contributed by atoms with Gasteiger partial charge < -0.3 is 5.32 Å². The van der Waals surface area contributed by atoms with Crippen molar-refractivity contribution in [1.82, 2.24) is 9.97 Å². The van der Waals surface area contributed by atoms with Crippen LogP contribution in [-0.4, -0.2) is 15.9 Å². The summed E-state index contributed by atoms with van der Waals surface area (Å²) in [5.74, 6) is 0.847. The van der Waals surface area contributed by atoms with Crippen LogP contribution in [0.15, 0.2) is 36.5 Å². The molecule has 1 aromatic carbocycles. The monoisotopic (exact) mass is 255 g/mol. The number of benzene rings is 1. The number of aryl methyl sites for hydroxylation is 1. The molecule has 4 heteroatoms. The molecule has 0 fully saturated rings. The van der Waals surface area contributed by atoms with Crippen molar-refractivity contribution in [3.8, 4) is 0 Å². The largest absolute Gasteiger partial charge is 0.321 e. The summed E-state index contributed by atoms with van der Waals surface area (Å²) < 4.78 is 0. The molecule has 19 heavy (non-hydrogen) atoms. The Morgan fingerprint density at radius 1 is 1.16 bits per heavy atom. The van der Waals surface area contributed by atoms with E-state index in [1.165, 1.54) is 5.56 Å². The van der Waals surface area contributed by atoms with Crippen LogP contribution in [0, 0.1) is 6.92 Å². The standard InChI is InChI=1S/C15H17N3O/c1-10(2)12-4-6-13(7-5-12)18-15(19)14-8-9-16-11(3)17-14/h4-10H,1-3H3,(H,18,19). The molecule has 0 aliphatic carbocycles. The molecule has 0 saturated heterocycles. The van der Waals surface area contributed by atoms with Crippen LogP contribution in [0.3, 0.4) is 0 Å². The second-order valence-corrected chi connectivity index (χ2v) is 4.72. The fraction of sp³-hybridized carbons (Fsp3) is 0.267. The first-order valence-corrected chi connectivity index (χ1v) is 6.27. The highest BCUT2D eigenvalue weighted by atomic mass is 16.1. The molecular formula is C15H17N3O. The third-order valence-corrected chi connectivity index (χ3v) is 2.84. The Balaban J connectivity index is 2.10. The van der Waals surface area contributed by atoms with E-state index in [0.717, 1.165) is 5.69 Å². The van der Waals surface area contributed by atoms with Crippen LogP contribution in [0.1, 0.15) is 41.6 Å². The third-order valence-electron chi connectivity index (χ3n) is 2.84. The summed E-state index contributed by atoms with van der Waals surface area (Å²) >= 11 is 0. The topological polar surface area (TPSA) is 54.9 Å². The predicted octanol–water partition coefficient (Wildman–Crippen LogP) is 3.16. The zero-order valence-corrected chi connectivity index (χ0v) is 11.3. The number of nitrogens with zero attached hydrogens (tertiary/aromatic N) is 2. The predicted molar refractivity (Wildman–Crippen MR) is 75.3 cm³/mol. The molecule has 2 aromatic rings. The van der Waals surface area contributed by atoms with Gasteiger partial charge in [-0.25, -0.2) is 9.97 Å². The number of hydrogen-bond acceptors (Lipinski definition) is 3. The van der Waals surface area contributed by atoms with Gasteiger partial charge in [-0.1, -0.05) is 26.0 Å². The second-order valence-electron chi connectivity index (χ2n) is 4.72. The van der Waals surface area contributed by atoms with Crippen LogP contribution in [0.25, 0.3) is 0 Å². The maximum Gasteiger partial charge on any atom is 0.274 e. The van der Waals surface area contributed by atoms with Gasteiger partial charge in [0.05, 0.1) is 0 Å². The van der Waals surface area contributed by atoms with Crippen molar-refractivity contribution in [2.24, 2.45) is 0 Å². The molecule has 2 rings (SSSR count). The molecule has 0 aliphatic heterocycles. The van der Waals surface area contributed by atoms with Gasteiger partial charge in [-0.3, -0.25) is 4.79 Å². The van der Waals surface area contributed by atoms with E-state index in [0.29, 0.717) is 17.4 Å². The number of nitrogens with one attached hydrogen (secondary N) is 1. The minimum atomic E-state index is -0.220. The molecule has 98 valence electrons. The number of carbonyl (C=O) groups excluding carboxylic acids is 1. The maximum absolute atomic E-state index is 12.0. The lowest BCUT2D eigenvalue weighted by molar-refractivity contribution is 0.102. The van der Waals surface area contributed by atoms with Gasteiger partial charge in [0, 0.05) is 11.9 Å². The van der Waals surface area contributed by atoms with Crippen LogP contribution >= 0.6 is 0 Å². The van der Waals surface area contributed by atoms with Crippen molar-refractivity contribution in [2.45, 2.75) is 26.7 Å². The minimum Gasteiger partial charge on any atom is -0.321 e. The van der Waals surface area contributed by atoms with Crippen LogP contribution in [0.4, 0.5) is 5.69 Å². The van der Waals surface area contributed by atoms with Crippen LogP contribution < -0.4 is 5.32 Å². The molecule has 1 heterocycles. The molecule has 1 aromatic heterocycles. The van der Waals surface area contributed by atoms with Gasteiger partial charge in [0.15, 0.2) is 0 Å². The van der Waals surface area contributed by atoms with Crippen LogP contribution in [0.2, 0.25) is 0 Å². The first-order chi connectivity index (χ1) is 9.06. The van der Waals surface area contributed by atoms with E-state index in [9.17, 15) is 4.79 Å². The number of aromatic nitrogens is 2. The van der Waals surface area contributed by atoms with E-state index in [-0.39, 0.29) is 5.91 Å². The van der Waals surface area contributed by atoms with E-state index in [1.807, 2.05) is 24.3 Å². The molecule has 0 saturated carbocycles. The summed E-state index contributed by atoms with van der Waals surface area (Å²) in [6, 6.07) is 9.45. The van der Waals surface area contributed by atoms with Crippen LogP contribution in [-0.2, 0) is 0 Å². The Morgan fingerprint density at radius 3 is 2.42 bits per heavy atom. The summed E-state index contributed by atoms with van der Waals surface area (Å²) in [5.41, 5.74) is 2.39. The summed E-state index contributed by atoms with van der Waals surface area (Å²) in [6.07, 6.45) is 1.58. The Labute approximate surface area is 112 Å². The van der Waals surface area contributed by atoms with Crippen molar-refractivity contribution >= 4 is 11.6 Å². The van der Waals surface area contributed by atoms with Gasteiger partial charge in [0.1, 0.15) is 11.5 Å². The van der Waals surface area contributed by atoms with E-state index >= 15 is 0 Å². The smallest absolute Gasteiger partial charge is 0.274 e. The Hall–Kier alpha value is -2.23. The van der Waals surface area contributed by atoms with Gasteiger partial charge in [0.25, 0.3) is 5.91 Å². The molecule has 0 radical (unpaired) electrons. The van der Waals surface area contributed by atoms with E-state index in [1.54, 1.807) is 19.2 Å². The molecule has 1 N–H and O–H groups in total.